The quantitative estimate of drug-likeness (QED) is 0.564. The molecule has 0 aliphatic carbocycles. The van der Waals surface area contributed by atoms with Gasteiger partial charge in [-0.1, -0.05) is 35.9 Å². The van der Waals surface area contributed by atoms with Crippen LogP contribution in [0.4, 0.5) is 5.69 Å². The van der Waals surface area contributed by atoms with Gasteiger partial charge < -0.3 is 5.32 Å². The first-order chi connectivity index (χ1) is 13.8. The first kappa shape index (κ1) is 21.4. The number of nitrogens with zero attached hydrogens (tertiary/aromatic N) is 1. The lowest BCUT2D eigenvalue weighted by molar-refractivity contribution is -0.114. The van der Waals surface area contributed by atoms with Crippen molar-refractivity contribution in [2.45, 2.75) is 25.2 Å². The molecule has 0 atom stereocenters. The van der Waals surface area contributed by atoms with E-state index in [0.29, 0.717) is 22.7 Å². The van der Waals surface area contributed by atoms with Crippen molar-refractivity contribution in [1.82, 2.24) is 9.71 Å². The average Bonchev–Trinajstić information content (AvgIpc) is 3.11. The summed E-state index contributed by atoms with van der Waals surface area (Å²) in [6.45, 7) is 3.29. The van der Waals surface area contributed by atoms with Crippen LogP contribution in [0.15, 0.2) is 52.7 Å². The third-order valence-corrected chi connectivity index (χ3v) is 6.98. The average molecular weight is 450 g/mol. The molecule has 0 radical (unpaired) electrons. The Bertz CT molecular complexity index is 1140. The van der Waals surface area contributed by atoms with Crippen LogP contribution < -0.4 is 10.0 Å². The number of rotatable bonds is 7. The van der Waals surface area contributed by atoms with Crippen molar-refractivity contribution in [2.24, 2.45) is 0 Å². The Morgan fingerprint density at radius 1 is 1.21 bits per heavy atom. The lowest BCUT2D eigenvalue weighted by atomic mass is 10.2. The first-order valence-electron chi connectivity index (χ1n) is 8.83. The molecular weight excluding hydrogens is 430 g/mol. The molecule has 3 rings (SSSR count). The van der Waals surface area contributed by atoms with Gasteiger partial charge in [-0.15, -0.1) is 11.3 Å². The highest BCUT2D eigenvalue weighted by atomic mass is 35.5. The van der Waals surface area contributed by atoms with Gasteiger partial charge in [0.25, 0.3) is 0 Å². The second-order valence-corrected chi connectivity index (χ2v) is 9.43. The molecule has 3 aromatic rings. The van der Waals surface area contributed by atoms with Crippen LogP contribution in [0, 0.1) is 6.92 Å². The SMILES string of the molecule is CC(=O)Nc1ccc(C)c(S(=O)(=O)NCCc2csc(-c3ccccc3Cl)n2)c1. The smallest absolute Gasteiger partial charge is 0.240 e. The molecule has 29 heavy (non-hydrogen) atoms. The maximum absolute atomic E-state index is 12.7. The van der Waals surface area contributed by atoms with Crippen molar-refractivity contribution in [3.63, 3.8) is 0 Å². The molecule has 1 aromatic heterocycles. The minimum absolute atomic E-state index is 0.138. The summed E-state index contributed by atoms with van der Waals surface area (Å²) in [7, 11) is -3.72. The summed E-state index contributed by atoms with van der Waals surface area (Å²) in [5.74, 6) is -0.261. The van der Waals surface area contributed by atoms with Crippen molar-refractivity contribution >= 4 is 44.6 Å². The van der Waals surface area contributed by atoms with Gasteiger partial charge in [0, 0.05) is 36.5 Å². The van der Waals surface area contributed by atoms with E-state index >= 15 is 0 Å². The van der Waals surface area contributed by atoms with Crippen molar-refractivity contribution in [3.8, 4) is 10.6 Å². The van der Waals surface area contributed by atoms with Crippen LogP contribution in [-0.2, 0) is 21.2 Å². The molecule has 0 saturated heterocycles. The molecule has 0 aliphatic rings. The van der Waals surface area contributed by atoms with Gasteiger partial charge in [-0.2, -0.15) is 0 Å². The molecule has 0 saturated carbocycles. The number of sulfonamides is 1. The molecule has 0 spiro atoms. The van der Waals surface area contributed by atoms with Crippen molar-refractivity contribution in [1.29, 1.82) is 0 Å². The summed E-state index contributed by atoms with van der Waals surface area (Å²) in [6.07, 6.45) is 0.449. The number of aryl methyl sites for hydroxylation is 1. The molecule has 0 fully saturated rings. The maximum atomic E-state index is 12.7. The van der Waals surface area contributed by atoms with E-state index in [4.69, 9.17) is 11.6 Å². The first-order valence-corrected chi connectivity index (χ1v) is 11.6. The molecule has 0 unspecified atom stereocenters. The predicted octanol–water partition coefficient (Wildman–Crippen LogP) is 4.25. The molecule has 152 valence electrons. The Balaban J connectivity index is 1.68. The minimum Gasteiger partial charge on any atom is -0.326 e. The largest absolute Gasteiger partial charge is 0.326 e. The number of thiazole rings is 1. The van der Waals surface area contributed by atoms with Gasteiger partial charge in [0.15, 0.2) is 0 Å². The molecular formula is C20H20ClN3O3S2. The Morgan fingerprint density at radius 3 is 2.69 bits per heavy atom. The number of benzene rings is 2. The van der Waals surface area contributed by atoms with Crippen molar-refractivity contribution in [2.75, 3.05) is 11.9 Å². The number of halogens is 1. The van der Waals surface area contributed by atoms with E-state index in [1.165, 1.54) is 24.3 Å². The fourth-order valence-corrected chi connectivity index (χ4v) is 5.22. The number of aromatic nitrogens is 1. The van der Waals surface area contributed by atoms with Crippen LogP contribution in [-0.4, -0.2) is 25.9 Å². The Labute approximate surface area is 179 Å². The second-order valence-electron chi connectivity index (χ2n) is 6.43. The number of carbonyl (C=O) groups is 1. The van der Waals surface area contributed by atoms with E-state index in [1.807, 2.05) is 29.6 Å². The zero-order valence-corrected chi connectivity index (χ0v) is 18.3. The van der Waals surface area contributed by atoms with E-state index in [0.717, 1.165) is 16.3 Å². The fraction of sp³-hybridized carbons (Fsp3) is 0.200. The summed E-state index contributed by atoms with van der Waals surface area (Å²) in [5, 5.41) is 5.92. The fourth-order valence-electron chi connectivity index (χ4n) is 2.74. The van der Waals surface area contributed by atoms with Gasteiger partial charge in [-0.3, -0.25) is 4.79 Å². The maximum Gasteiger partial charge on any atom is 0.240 e. The van der Waals surface area contributed by atoms with Gasteiger partial charge in [0.2, 0.25) is 15.9 Å². The van der Waals surface area contributed by atoms with Crippen molar-refractivity contribution in [3.05, 3.63) is 64.1 Å². The summed E-state index contributed by atoms with van der Waals surface area (Å²) >= 11 is 7.68. The second kappa shape index (κ2) is 9.04. The Kier molecular flexibility index (Phi) is 6.69. The highest BCUT2D eigenvalue weighted by Gasteiger charge is 2.18. The third-order valence-electron chi connectivity index (χ3n) is 4.13. The monoisotopic (exact) mass is 449 g/mol. The molecule has 0 aliphatic heterocycles. The third kappa shape index (κ3) is 5.42. The van der Waals surface area contributed by atoms with Gasteiger partial charge in [0.1, 0.15) is 5.01 Å². The van der Waals surface area contributed by atoms with E-state index in [9.17, 15) is 13.2 Å². The zero-order chi connectivity index (χ0) is 21.0. The van der Waals surface area contributed by atoms with Gasteiger partial charge in [0.05, 0.1) is 15.6 Å². The molecule has 0 bridgehead atoms. The summed E-state index contributed by atoms with van der Waals surface area (Å²) in [4.78, 5) is 15.9. The standard InChI is InChI=1S/C20H20ClN3O3S2/c1-13-7-8-15(23-14(2)25)11-19(13)29(26,27)22-10-9-16-12-28-20(24-16)17-5-3-4-6-18(17)21/h3-8,11-12,22H,9-10H2,1-2H3,(H,23,25). The Hall–Kier alpha value is -2.26. The molecule has 6 nitrogen and oxygen atoms in total. The summed E-state index contributed by atoms with van der Waals surface area (Å²) in [5.41, 5.74) is 2.68. The number of hydrogen-bond donors (Lipinski definition) is 2. The normalized spacial score (nSPS) is 11.4. The molecule has 1 amide bonds. The van der Waals surface area contributed by atoms with Crippen LogP contribution in [0.5, 0.6) is 0 Å². The minimum atomic E-state index is -3.72. The van der Waals surface area contributed by atoms with Crippen LogP contribution in [0.25, 0.3) is 10.6 Å². The van der Waals surface area contributed by atoms with Crippen LogP contribution >= 0.6 is 22.9 Å². The van der Waals surface area contributed by atoms with Crippen LogP contribution in [0.1, 0.15) is 18.2 Å². The van der Waals surface area contributed by atoms with E-state index in [2.05, 4.69) is 15.0 Å². The summed E-state index contributed by atoms with van der Waals surface area (Å²) < 4.78 is 28.0. The van der Waals surface area contributed by atoms with Crippen LogP contribution in [0.3, 0.4) is 0 Å². The van der Waals surface area contributed by atoms with Crippen LogP contribution in [0.2, 0.25) is 5.02 Å². The lowest BCUT2D eigenvalue weighted by Gasteiger charge is -2.11. The topological polar surface area (TPSA) is 88.2 Å². The highest BCUT2D eigenvalue weighted by Crippen LogP contribution is 2.30. The zero-order valence-electron chi connectivity index (χ0n) is 15.9. The van der Waals surface area contributed by atoms with E-state index < -0.39 is 10.0 Å². The number of carbonyl (C=O) groups excluding carboxylic acids is 1. The molecule has 9 heteroatoms. The van der Waals surface area contributed by atoms with Gasteiger partial charge in [-0.25, -0.2) is 18.1 Å². The summed E-state index contributed by atoms with van der Waals surface area (Å²) in [6, 6.07) is 12.3. The number of nitrogens with one attached hydrogen (secondary N) is 2. The number of amides is 1. The molecule has 1 heterocycles. The number of hydrogen-bond acceptors (Lipinski definition) is 5. The number of anilines is 1. The van der Waals surface area contributed by atoms with Gasteiger partial charge in [-0.05, 0) is 30.7 Å². The van der Waals surface area contributed by atoms with E-state index in [1.54, 1.807) is 19.1 Å². The Morgan fingerprint density at radius 2 is 1.97 bits per heavy atom. The molecule has 2 N–H and O–H groups in total. The molecule has 2 aromatic carbocycles. The predicted molar refractivity (Wildman–Crippen MR) is 117 cm³/mol. The van der Waals surface area contributed by atoms with E-state index in [-0.39, 0.29) is 17.3 Å². The highest BCUT2D eigenvalue weighted by molar-refractivity contribution is 7.89. The lowest BCUT2D eigenvalue weighted by Crippen LogP contribution is -2.27. The van der Waals surface area contributed by atoms with Gasteiger partial charge >= 0.3 is 0 Å². The van der Waals surface area contributed by atoms with Crippen molar-refractivity contribution < 1.29 is 13.2 Å².